The molecule has 1 aromatic heterocycles. The molecule has 8 nitrogen and oxygen atoms in total. The predicted molar refractivity (Wildman–Crippen MR) is 163 cm³/mol. The van der Waals surface area contributed by atoms with Crippen LogP contribution in [0.4, 0.5) is 17.1 Å². The molecule has 4 aromatic carbocycles. The molecule has 0 radical (unpaired) electrons. The van der Waals surface area contributed by atoms with E-state index < -0.39 is 0 Å². The van der Waals surface area contributed by atoms with Gasteiger partial charge in [0, 0.05) is 53.4 Å². The van der Waals surface area contributed by atoms with E-state index in [1.807, 2.05) is 30.3 Å². The zero-order chi connectivity index (χ0) is 28.3. The van der Waals surface area contributed by atoms with Gasteiger partial charge in [0.2, 0.25) is 5.52 Å². The summed E-state index contributed by atoms with van der Waals surface area (Å²) in [4.78, 5) is 24.8. The van der Waals surface area contributed by atoms with E-state index in [-0.39, 0.29) is 38.2 Å². The van der Waals surface area contributed by atoms with E-state index in [4.69, 9.17) is 0 Å². The summed E-state index contributed by atoms with van der Waals surface area (Å²) in [6, 6.07) is 29.8. The summed E-state index contributed by atoms with van der Waals surface area (Å²) in [6.45, 7) is 1.18. The van der Waals surface area contributed by atoms with Crippen LogP contribution in [0.2, 0.25) is 0 Å². The van der Waals surface area contributed by atoms with E-state index in [1.165, 1.54) is 0 Å². The van der Waals surface area contributed by atoms with Crippen LogP contribution in [0.3, 0.4) is 0 Å². The minimum Gasteiger partial charge on any atom is -1.00 e. The van der Waals surface area contributed by atoms with E-state index >= 15 is 0 Å². The first-order valence-electron chi connectivity index (χ1n) is 12.8. The van der Waals surface area contributed by atoms with E-state index in [2.05, 4.69) is 45.9 Å². The van der Waals surface area contributed by atoms with E-state index in [0.29, 0.717) is 13.1 Å². The number of hydrogen-bond acceptors (Lipinski definition) is 7. The average Bonchev–Trinajstić information content (AvgIpc) is 3.51. The first-order valence-corrected chi connectivity index (χ1v) is 14.4. The molecule has 0 bridgehead atoms. The van der Waals surface area contributed by atoms with Crippen molar-refractivity contribution in [3.63, 3.8) is 0 Å². The maximum Gasteiger partial charge on any atom is 0.269 e. The molecule has 11 heteroatoms. The van der Waals surface area contributed by atoms with Crippen molar-refractivity contribution in [2.24, 2.45) is 0 Å². The molecule has 0 atom stereocenters. The molecule has 0 N–H and O–H groups in total. The number of nitro benzene ring substituents is 2. The van der Waals surface area contributed by atoms with Crippen molar-refractivity contribution in [3.8, 4) is 0 Å². The van der Waals surface area contributed by atoms with Crippen LogP contribution >= 0.6 is 23.1 Å². The van der Waals surface area contributed by atoms with Crippen LogP contribution in [0.5, 0.6) is 0 Å². The van der Waals surface area contributed by atoms with Crippen molar-refractivity contribution < 1.29 is 31.4 Å². The number of hydrogen-bond donors (Lipinski definition) is 0. The fourth-order valence-electron chi connectivity index (χ4n) is 4.70. The van der Waals surface area contributed by atoms with Crippen molar-refractivity contribution in [3.05, 3.63) is 151 Å². The lowest BCUT2D eigenvalue weighted by molar-refractivity contribution is -0.659. The summed E-state index contributed by atoms with van der Waals surface area (Å²) in [5.74, 6) is 0. The number of thioether (sulfide) groups is 1. The molecule has 0 amide bonds. The number of rotatable bonds is 8. The fraction of sp³-hybridized carbons (Fsp3) is 0.0645. The van der Waals surface area contributed by atoms with Crippen LogP contribution in [-0.4, -0.2) is 9.85 Å². The van der Waals surface area contributed by atoms with Crippen molar-refractivity contribution >= 4 is 56.5 Å². The van der Waals surface area contributed by atoms with Crippen LogP contribution in [-0.2, 0) is 13.1 Å². The maximum atomic E-state index is 11.1. The number of nitro groups is 2. The van der Waals surface area contributed by atoms with Crippen molar-refractivity contribution in [2.45, 2.75) is 18.0 Å². The van der Waals surface area contributed by atoms with E-state index in [1.54, 1.807) is 71.6 Å². The molecule has 0 spiro atoms. The monoisotopic (exact) mass is 658 g/mol. The number of halogens is 1. The lowest BCUT2D eigenvalue weighted by atomic mass is 10.2. The third-order valence-corrected chi connectivity index (χ3v) is 8.99. The molecule has 0 aliphatic carbocycles. The molecule has 42 heavy (non-hydrogen) atoms. The zero-order valence-electron chi connectivity index (χ0n) is 22.0. The average molecular weight is 660 g/mol. The Morgan fingerprint density at radius 2 is 1.40 bits per heavy atom. The van der Waals surface area contributed by atoms with Crippen molar-refractivity contribution in [1.29, 1.82) is 0 Å². The summed E-state index contributed by atoms with van der Waals surface area (Å²) in [7, 11) is 0. The second kappa shape index (κ2) is 12.7. The maximum absolute atomic E-state index is 11.1. The molecule has 0 saturated carbocycles. The Morgan fingerprint density at radius 3 is 2.10 bits per heavy atom. The van der Waals surface area contributed by atoms with E-state index in [0.717, 1.165) is 42.0 Å². The first-order chi connectivity index (χ1) is 20.0. The number of benzene rings is 4. The van der Waals surface area contributed by atoms with Gasteiger partial charge in [-0.3, -0.25) is 20.2 Å². The molecular formula is C31H23BrN4O4S2. The SMILES string of the molecule is O=[N+]([O-])c1ccc(CN2C(=CC=Cc3sc4ccccc4[n+]3Cc3ccc([N+](=O)[O-])cc3)Sc3ccccc32)cc1.[Br-]. The normalized spacial score (nSPS) is 13.4. The molecule has 2 heterocycles. The number of aromatic nitrogens is 1. The van der Waals surface area contributed by atoms with Crippen LogP contribution in [0.25, 0.3) is 16.3 Å². The summed E-state index contributed by atoms with van der Waals surface area (Å²) < 4.78 is 3.38. The second-order valence-corrected chi connectivity index (χ2v) is 11.5. The predicted octanol–water partition coefficient (Wildman–Crippen LogP) is 4.72. The molecule has 210 valence electrons. The van der Waals surface area contributed by atoms with Gasteiger partial charge >= 0.3 is 0 Å². The Balaban J connectivity index is 0.00000353. The quantitative estimate of drug-likeness (QED) is 0.136. The molecule has 1 aliphatic rings. The highest BCUT2D eigenvalue weighted by Gasteiger charge is 2.25. The highest BCUT2D eigenvalue weighted by atomic mass is 79.9. The van der Waals surface area contributed by atoms with Crippen molar-refractivity contribution in [2.75, 3.05) is 4.90 Å². The smallest absolute Gasteiger partial charge is 0.269 e. The van der Waals surface area contributed by atoms with Gasteiger partial charge in [-0.1, -0.05) is 65.6 Å². The number of allylic oxidation sites excluding steroid dienone is 2. The molecule has 0 unspecified atom stereocenters. The summed E-state index contributed by atoms with van der Waals surface area (Å²) in [5.41, 5.74) is 4.32. The zero-order valence-corrected chi connectivity index (χ0v) is 25.2. The first kappa shape index (κ1) is 29.2. The van der Waals surface area contributed by atoms with Gasteiger partial charge in [0.15, 0.2) is 6.54 Å². The van der Waals surface area contributed by atoms with Gasteiger partial charge in [0.05, 0.1) is 20.6 Å². The molecule has 6 rings (SSSR count). The summed E-state index contributed by atoms with van der Waals surface area (Å²) in [5, 5.41) is 24.3. The lowest BCUT2D eigenvalue weighted by Crippen LogP contribution is -3.00. The van der Waals surface area contributed by atoms with Crippen molar-refractivity contribution in [1.82, 2.24) is 0 Å². The third-order valence-electron chi connectivity index (χ3n) is 6.73. The van der Waals surface area contributed by atoms with Gasteiger partial charge in [0.1, 0.15) is 4.70 Å². The van der Waals surface area contributed by atoms with Gasteiger partial charge in [-0.2, -0.15) is 4.57 Å². The number of thiazole rings is 1. The molecular weight excluding hydrogens is 636 g/mol. The summed E-state index contributed by atoms with van der Waals surface area (Å²) in [6.07, 6.45) is 6.24. The van der Waals surface area contributed by atoms with Gasteiger partial charge in [-0.05, 0) is 42.0 Å². The Hall–Kier alpha value is -4.32. The molecule has 1 aliphatic heterocycles. The number of anilines is 1. The van der Waals surface area contributed by atoms with Crippen LogP contribution in [0, 0.1) is 20.2 Å². The standard InChI is InChI=1S/C31H23N4O4S2.BrH/c36-34(37)24-16-12-22(13-17-24)20-32-26-6-1-3-8-28(26)40-30(32)10-5-11-31-33(27-7-2-4-9-29(27)41-31)21-23-14-18-25(19-15-23)35(38)39;/h1-19H,20-21H2;1H/q+1;/p-1. The topological polar surface area (TPSA) is 93.4 Å². The van der Waals surface area contributed by atoms with Gasteiger partial charge < -0.3 is 21.9 Å². The molecule has 0 saturated heterocycles. The highest BCUT2D eigenvalue weighted by molar-refractivity contribution is 8.03. The minimum absolute atomic E-state index is 0. The van der Waals surface area contributed by atoms with Crippen LogP contribution < -0.4 is 26.4 Å². The van der Waals surface area contributed by atoms with E-state index in [9.17, 15) is 20.2 Å². The number of para-hydroxylation sites is 2. The van der Waals surface area contributed by atoms with Gasteiger partial charge in [0.25, 0.3) is 16.4 Å². The fourth-order valence-corrected chi connectivity index (χ4v) is 6.85. The third kappa shape index (κ3) is 6.13. The Kier molecular flexibility index (Phi) is 8.81. The number of fused-ring (bicyclic) bond motifs is 2. The van der Waals surface area contributed by atoms with Gasteiger partial charge in [-0.15, -0.1) is 0 Å². The van der Waals surface area contributed by atoms with Crippen LogP contribution in [0.1, 0.15) is 16.1 Å². The second-order valence-electron chi connectivity index (χ2n) is 9.36. The highest BCUT2D eigenvalue weighted by Crippen LogP contribution is 2.46. The summed E-state index contributed by atoms with van der Waals surface area (Å²) >= 11 is 3.38. The van der Waals surface area contributed by atoms with Gasteiger partial charge in [-0.25, -0.2) is 0 Å². The molecule has 5 aromatic rings. The number of nitrogens with zero attached hydrogens (tertiary/aromatic N) is 4. The molecule has 0 fully saturated rings. The Labute approximate surface area is 260 Å². The van der Waals surface area contributed by atoms with Crippen LogP contribution in [0.15, 0.2) is 119 Å². The minimum atomic E-state index is -0.386. The number of non-ortho nitro benzene ring substituents is 2. The largest absolute Gasteiger partial charge is 1.00 e. The lowest BCUT2D eigenvalue weighted by Gasteiger charge is -2.20. The Morgan fingerprint density at radius 1 is 0.786 bits per heavy atom. The Bertz CT molecular complexity index is 1840.